The molecule has 6 rings (SSSR count). The van der Waals surface area contributed by atoms with Crippen LogP contribution in [0.25, 0.3) is 39.5 Å². The second-order valence-corrected chi connectivity index (χ2v) is 8.85. The van der Waals surface area contributed by atoms with Crippen molar-refractivity contribution in [2.45, 2.75) is 0 Å². The van der Waals surface area contributed by atoms with Crippen molar-refractivity contribution in [1.29, 1.82) is 0 Å². The average Bonchev–Trinajstić information content (AvgIpc) is 3.37. The van der Waals surface area contributed by atoms with E-state index >= 15 is 0 Å². The number of fused-ring (bicyclic) bond motifs is 1. The molecule has 0 spiro atoms. The van der Waals surface area contributed by atoms with Crippen LogP contribution in [0.2, 0.25) is 0 Å². The van der Waals surface area contributed by atoms with Crippen LogP contribution in [0.3, 0.4) is 0 Å². The number of nitrogens with one attached hydrogen (secondary N) is 1. The smallest absolute Gasteiger partial charge is 0.335 e. The van der Waals surface area contributed by atoms with Gasteiger partial charge in [-0.2, -0.15) is 0 Å². The van der Waals surface area contributed by atoms with E-state index in [2.05, 4.69) is 15.3 Å². The molecule has 0 atom stereocenters. The van der Waals surface area contributed by atoms with Crippen molar-refractivity contribution in [3.8, 4) is 28.3 Å². The molecule has 1 amide bonds. The van der Waals surface area contributed by atoms with Gasteiger partial charge in [-0.3, -0.25) is 9.36 Å². The van der Waals surface area contributed by atoms with Gasteiger partial charge in [-0.1, -0.05) is 36.4 Å². The van der Waals surface area contributed by atoms with E-state index in [1.165, 1.54) is 24.3 Å². The van der Waals surface area contributed by atoms with Crippen molar-refractivity contribution < 1.29 is 14.7 Å². The van der Waals surface area contributed by atoms with E-state index in [0.29, 0.717) is 39.9 Å². The second kappa shape index (κ2) is 10.1. The zero-order chi connectivity index (χ0) is 27.6. The largest absolute Gasteiger partial charge is 0.478 e. The number of imidazole rings is 1. The Kier molecular flexibility index (Phi) is 6.17. The molecule has 0 saturated carbocycles. The fourth-order valence-corrected chi connectivity index (χ4v) is 4.33. The Bertz CT molecular complexity index is 1880. The van der Waals surface area contributed by atoms with E-state index < -0.39 is 11.9 Å². The molecule has 4 heterocycles. The minimum atomic E-state index is -1.11. The van der Waals surface area contributed by atoms with E-state index in [1.807, 2.05) is 53.1 Å². The summed E-state index contributed by atoms with van der Waals surface area (Å²) in [5.41, 5.74) is 10.7. The number of carboxylic acid groups (broad SMARTS) is 1. The molecule has 10 nitrogen and oxygen atoms in total. The van der Waals surface area contributed by atoms with E-state index in [0.717, 1.165) is 11.3 Å². The van der Waals surface area contributed by atoms with Gasteiger partial charge < -0.3 is 16.2 Å². The van der Waals surface area contributed by atoms with E-state index in [-0.39, 0.29) is 11.1 Å². The van der Waals surface area contributed by atoms with Gasteiger partial charge in [-0.05, 0) is 54.6 Å². The number of aromatic carboxylic acids is 1. The molecule has 0 aliphatic carbocycles. The average molecular weight is 528 g/mol. The lowest BCUT2D eigenvalue weighted by Gasteiger charge is -2.11. The van der Waals surface area contributed by atoms with Crippen molar-refractivity contribution in [1.82, 2.24) is 24.5 Å². The van der Waals surface area contributed by atoms with Gasteiger partial charge in [0.05, 0.1) is 28.7 Å². The standard InChI is InChI=1S/C30H21N7O3/c31-26-22(10-5-15-32-26)27-35-24-13-12-23(18-6-2-1-3-7-18)34-28(24)37(27)21-11-14-25(33-17-21)36-29(38)19-8-4-9-20(16-19)30(39)40/h1-17H,(H2,31,32)(H,39,40)(H,33,36,38). The van der Waals surface area contributed by atoms with Crippen LogP contribution in [0, 0.1) is 0 Å². The van der Waals surface area contributed by atoms with Gasteiger partial charge in [-0.25, -0.2) is 24.7 Å². The predicted molar refractivity (Wildman–Crippen MR) is 151 cm³/mol. The predicted octanol–water partition coefficient (Wildman–Crippen LogP) is 5.08. The molecule has 0 aliphatic heterocycles. The first-order valence-corrected chi connectivity index (χ1v) is 12.2. The number of nitrogens with zero attached hydrogens (tertiary/aromatic N) is 5. The lowest BCUT2D eigenvalue weighted by molar-refractivity contribution is 0.0697. The van der Waals surface area contributed by atoms with Gasteiger partial charge in [0.2, 0.25) is 0 Å². The fraction of sp³-hybridized carbons (Fsp3) is 0. The summed E-state index contributed by atoms with van der Waals surface area (Å²) >= 11 is 0. The number of hydrogen-bond acceptors (Lipinski definition) is 7. The maximum Gasteiger partial charge on any atom is 0.335 e. The maximum absolute atomic E-state index is 12.7. The summed E-state index contributed by atoms with van der Waals surface area (Å²) in [6.07, 6.45) is 3.21. The monoisotopic (exact) mass is 527 g/mol. The van der Waals surface area contributed by atoms with Gasteiger partial charge in [0.1, 0.15) is 17.2 Å². The first kappa shape index (κ1) is 24.4. The Balaban J connectivity index is 1.41. The summed E-state index contributed by atoms with van der Waals surface area (Å²) in [6, 6.07) is 26.5. The second-order valence-electron chi connectivity index (χ2n) is 8.85. The summed E-state index contributed by atoms with van der Waals surface area (Å²) in [4.78, 5) is 42.4. The molecule has 4 aromatic heterocycles. The van der Waals surface area contributed by atoms with Crippen molar-refractivity contribution in [3.63, 3.8) is 0 Å². The SMILES string of the molecule is Nc1ncccc1-c1nc2ccc(-c3ccccc3)nc2n1-c1ccc(NC(=O)c2cccc(C(=O)O)c2)nc1. The van der Waals surface area contributed by atoms with Crippen LogP contribution in [-0.4, -0.2) is 41.5 Å². The van der Waals surface area contributed by atoms with Gasteiger partial charge in [0.25, 0.3) is 5.91 Å². The first-order valence-electron chi connectivity index (χ1n) is 12.2. The zero-order valence-electron chi connectivity index (χ0n) is 20.9. The Hall–Kier alpha value is -5.90. The summed E-state index contributed by atoms with van der Waals surface area (Å²) in [5, 5.41) is 11.9. The van der Waals surface area contributed by atoms with E-state index in [9.17, 15) is 14.7 Å². The van der Waals surface area contributed by atoms with Crippen LogP contribution in [0.5, 0.6) is 0 Å². The summed E-state index contributed by atoms with van der Waals surface area (Å²) in [7, 11) is 0. The van der Waals surface area contributed by atoms with Crippen LogP contribution < -0.4 is 11.1 Å². The molecule has 40 heavy (non-hydrogen) atoms. The lowest BCUT2D eigenvalue weighted by atomic mass is 10.1. The van der Waals surface area contributed by atoms with E-state index in [1.54, 1.807) is 30.6 Å². The van der Waals surface area contributed by atoms with Crippen molar-refractivity contribution >= 4 is 34.7 Å². The van der Waals surface area contributed by atoms with Crippen molar-refractivity contribution in [3.05, 3.63) is 115 Å². The van der Waals surface area contributed by atoms with Crippen molar-refractivity contribution in [2.75, 3.05) is 11.1 Å². The highest BCUT2D eigenvalue weighted by molar-refractivity contribution is 6.05. The number of carbonyl (C=O) groups is 2. The zero-order valence-corrected chi connectivity index (χ0v) is 20.9. The first-order chi connectivity index (χ1) is 19.5. The number of amides is 1. The Morgan fingerprint density at radius 3 is 2.40 bits per heavy atom. The Morgan fingerprint density at radius 1 is 0.825 bits per heavy atom. The molecule has 10 heteroatoms. The quantitative estimate of drug-likeness (QED) is 0.272. The van der Waals surface area contributed by atoms with Gasteiger partial charge in [0, 0.05) is 17.3 Å². The van der Waals surface area contributed by atoms with E-state index in [4.69, 9.17) is 15.7 Å². The molecule has 194 valence electrons. The number of benzene rings is 2. The van der Waals surface area contributed by atoms with Gasteiger partial charge in [0.15, 0.2) is 11.5 Å². The van der Waals surface area contributed by atoms with Crippen LogP contribution in [0.1, 0.15) is 20.7 Å². The number of carbonyl (C=O) groups excluding carboxylic acids is 1. The topological polar surface area (TPSA) is 149 Å². The number of pyridine rings is 3. The Labute approximate surface area is 227 Å². The molecule has 0 radical (unpaired) electrons. The molecule has 4 N–H and O–H groups in total. The van der Waals surface area contributed by atoms with Crippen LogP contribution >= 0.6 is 0 Å². The molecule has 0 aliphatic rings. The number of nitrogen functional groups attached to an aromatic ring is 1. The Morgan fingerprint density at radius 2 is 1.65 bits per heavy atom. The normalized spacial score (nSPS) is 10.9. The van der Waals surface area contributed by atoms with Crippen LogP contribution in [0.15, 0.2) is 103 Å². The number of hydrogen-bond donors (Lipinski definition) is 3. The highest BCUT2D eigenvalue weighted by Crippen LogP contribution is 2.31. The summed E-state index contributed by atoms with van der Waals surface area (Å²) in [5.74, 6) is -0.433. The molecule has 0 fully saturated rings. The molecular weight excluding hydrogens is 506 g/mol. The number of nitrogens with two attached hydrogens (primary N) is 1. The third-order valence-electron chi connectivity index (χ3n) is 6.27. The fourth-order valence-electron chi connectivity index (χ4n) is 4.33. The molecule has 6 aromatic rings. The minimum absolute atomic E-state index is 0.0209. The number of rotatable bonds is 6. The number of carboxylic acids is 1. The maximum atomic E-state index is 12.7. The lowest BCUT2D eigenvalue weighted by Crippen LogP contribution is -2.14. The molecule has 0 saturated heterocycles. The van der Waals surface area contributed by atoms with Gasteiger partial charge >= 0.3 is 5.97 Å². The number of aromatic nitrogens is 5. The van der Waals surface area contributed by atoms with Crippen LogP contribution in [0.4, 0.5) is 11.6 Å². The van der Waals surface area contributed by atoms with Gasteiger partial charge in [-0.15, -0.1) is 0 Å². The summed E-state index contributed by atoms with van der Waals surface area (Å²) < 4.78 is 1.85. The molecular formula is C30H21N7O3. The third kappa shape index (κ3) is 4.61. The third-order valence-corrected chi connectivity index (χ3v) is 6.27. The van der Waals surface area contributed by atoms with Crippen molar-refractivity contribution in [2.24, 2.45) is 0 Å². The van der Waals surface area contributed by atoms with Crippen LogP contribution in [-0.2, 0) is 0 Å². The molecule has 0 bridgehead atoms. The number of anilines is 2. The summed E-state index contributed by atoms with van der Waals surface area (Å²) in [6.45, 7) is 0. The minimum Gasteiger partial charge on any atom is -0.478 e. The highest BCUT2D eigenvalue weighted by Gasteiger charge is 2.19. The molecule has 0 unspecified atom stereocenters. The highest BCUT2D eigenvalue weighted by atomic mass is 16.4. The molecule has 2 aromatic carbocycles.